The van der Waals surface area contributed by atoms with Crippen LogP contribution in [0, 0.1) is 0 Å². The quantitative estimate of drug-likeness (QED) is 0.460. The lowest BCUT2D eigenvalue weighted by atomic mass is 10.2. The highest BCUT2D eigenvalue weighted by Crippen LogP contribution is 2.16. The van der Waals surface area contributed by atoms with Crippen molar-refractivity contribution in [3.8, 4) is 5.75 Å². The molecule has 1 aromatic carbocycles. The van der Waals surface area contributed by atoms with Gasteiger partial charge in [0.15, 0.2) is 0 Å². The third kappa shape index (κ3) is 9.31. The van der Waals surface area contributed by atoms with Gasteiger partial charge in [-0.25, -0.2) is 9.59 Å². The number of carboxylic acid groups (broad SMARTS) is 2. The van der Waals surface area contributed by atoms with E-state index in [0.29, 0.717) is 6.42 Å². The molecule has 0 aliphatic carbocycles. The molecular formula is C18H27N3O7. The fourth-order valence-electron chi connectivity index (χ4n) is 2.56. The average Bonchev–Trinajstić information content (AvgIpc) is 2.68. The van der Waals surface area contributed by atoms with Gasteiger partial charge < -0.3 is 30.3 Å². The highest BCUT2D eigenvalue weighted by atomic mass is 16.5. The van der Waals surface area contributed by atoms with Crippen LogP contribution in [-0.2, 0) is 14.4 Å². The summed E-state index contributed by atoms with van der Waals surface area (Å²) >= 11 is 0. The van der Waals surface area contributed by atoms with E-state index in [4.69, 9.17) is 29.6 Å². The first-order valence-corrected chi connectivity index (χ1v) is 8.81. The van der Waals surface area contributed by atoms with Crippen LogP contribution in [-0.4, -0.2) is 96.0 Å². The number of carbonyl (C=O) groups is 3. The lowest BCUT2D eigenvalue weighted by Crippen LogP contribution is -2.47. The molecule has 0 radical (unpaired) electrons. The molecule has 1 heterocycles. The van der Waals surface area contributed by atoms with Crippen molar-refractivity contribution in [3.63, 3.8) is 0 Å². The maximum absolute atomic E-state index is 12.0. The largest absolute Gasteiger partial charge is 0.497 e. The molecule has 1 aliphatic heterocycles. The predicted molar refractivity (Wildman–Crippen MR) is 101 cm³/mol. The van der Waals surface area contributed by atoms with E-state index in [2.05, 4.69) is 15.1 Å². The van der Waals surface area contributed by atoms with Gasteiger partial charge in [-0.1, -0.05) is 6.07 Å². The highest BCUT2D eigenvalue weighted by Gasteiger charge is 2.16. The SMILES string of the molecule is COc1cccc(NC(=O)CCN2CCN(CCO)CC2)c1.O=C(O)C(=O)O. The number of aliphatic hydroxyl groups excluding tert-OH is 1. The van der Waals surface area contributed by atoms with E-state index in [1.807, 2.05) is 24.3 Å². The van der Waals surface area contributed by atoms with E-state index >= 15 is 0 Å². The van der Waals surface area contributed by atoms with Crippen molar-refractivity contribution in [2.75, 3.05) is 58.3 Å². The molecule has 0 atom stereocenters. The van der Waals surface area contributed by atoms with Gasteiger partial charge in [0.2, 0.25) is 5.91 Å². The summed E-state index contributed by atoms with van der Waals surface area (Å²) in [6.07, 6.45) is 0.483. The van der Waals surface area contributed by atoms with Gasteiger partial charge in [-0.2, -0.15) is 0 Å². The van der Waals surface area contributed by atoms with Crippen LogP contribution < -0.4 is 10.1 Å². The Hall–Kier alpha value is -2.69. The maximum Gasteiger partial charge on any atom is 0.414 e. The van der Waals surface area contributed by atoms with Gasteiger partial charge in [0.1, 0.15) is 5.75 Å². The Morgan fingerprint density at radius 3 is 2.11 bits per heavy atom. The number of aliphatic carboxylic acids is 2. The van der Waals surface area contributed by atoms with Crippen LogP contribution in [0.3, 0.4) is 0 Å². The molecule has 1 aromatic rings. The van der Waals surface area contributed by atoms with Crippen LogP contribution in [0.1, 0.15) is 6.42 Å². The molecule has 156 valence electrons. The zero-order valence-corrected chi connectivity index (χ0v) is 15.8. The third-order valence-electron chi connectivity index (χ3n) is 4.07. The number of methoxy groups -OCH3 is 1. The summed E-state index contributed by atoms with van der Waals surface area (Å²) in [5.41, 5.74) is 0.761. The summed E-state index contributed by atoms with van der Waals surface area (Å²) in [5, 5.41) is 26.6. The summed E-state index contributed by atoms with van der Waals surface area (Å²) in [6, 6.07) is 7.37. The minimum atomic E-state index is -1.82. The summed E-state index contributed by atoms with van der Waals surface area (Å²) in [5.74, 6) is -2.89. The molecule has 10 nitrogen and oxygen atoms in total. The fraction of sp³-hybridized carbons (Fsp3) is 0.500. The second kappa shape index (κ2) is 12.7. The second-order valence-electron chi connectivity index (χ2n) is 6.05. The maximum atomic E-state index is 12.0. The van der Waals surface area contributed by atoms with E-state index in [-0.39, 0.29) is 12.5 Å². The average molecular weight is 397 g/mol. The Morgan fingerprint density at radius 2 is 1.61 bits per heavy atom. The third-order valence-corrected chi connectivity index (χ3v) is 4.07. The smallest absolute Gasteiger partial charge is 0.414 e. The first-order chi connectivity index (χ1) is 13.3. The summed E-state index contributed by atoms with van der Waals surface area (Å²) in [7, 11) is 1.61. The predicted octanol–water partition coefficient (Wildman–Crippen LogP) is -0.211. The van der Waals surface area contributed by atoms with Crippen LogP contribution >= 0.6 is 0 Å². The van der Waals surface area contributed by atoms with Crippen molar-refractivity contribution in [1.82, 2.24) is 9.80 Å². The van der Waals surface area contributed by atoms with E-state index in [9.17, 15) is 4.79 Å². The van der Waals surface area contributed by atoms with Gasteiger partial charge in [0.25, 0.3) is 0 Å². The first-order valence-electron chi connectivity index (χ1n) is 8.81. The summed E-state index contributed by atoms with van der Waals surface area (Å²) < 4.78 is 5.14. The van der Waals surface area contributed by atoms with Gasteiger partial charge in [-0.05, 0) is 12.1 Å². The number of piperazine rings is 1. The Kier molecular flexibility index (Phi) is 10.6. The zero-order chi connectivity index (χ0) is 20.9. The Balaban J connectivity index is 0.000000568. The Morgan fingerprint density at radius 1 is 1.04 bits per heavy atom. The minimum absolute atomic E-state index is 0.0195. The molecule has 0 unspecified atom stereocenters. The van der Waals surface area contributed by atoms with E-state index < -0.39 is 11.9 Å². The number of β-amino-alcohol motifs (C(OH)–C–C–N with tert-alkyl or cyclic N) is 1. The fourth-order valence-corrected chi connectivity index (χ4v) is 2.56. The Bertz CT molecular complexity index is 634. The summed E-state index contributed by atoms with van der Waals surface area (Å²) in [4.78, 5) is 34.7. The molecule has 4 N–H and O–H groups in total. The molecule has 0 spiro atoms. The van der Waals surface area contributed by atoms with Gasteiger partial charge in [0, 0.05) is 57.4 Å². The highest BCUT2D eigenvalue weighted by molar-refractivity contribution is 6.27. The zero-order valence-electron chi connectivity index (χ0n) is 15.8. The number of nitrogens with one attached hydrogen (secondary N) is 1. The number of aliphatic hydroxyl groups is 1. The van der Waals surface area contributed by atoms with E-state index in [1.165, 1.54) is 0 Å². The van der Waals surface area contributed by atoms with Crippen LogP contribution in [0.2, 0.25) is 0 Å². The van der Waals surface area contributed by atoms with Gasteiger partial charge in [0.05, 0.1) is 13.7 Å². The van der Waals surface area contributed by atoms with Crippen LogP contribution in [0.15, 0.2) is 24.3 Å². The van der Waals surface area contributed by atoms with E-state index in [0.717, 1.165) is 50.7 Å². The number of rotatable bonds is 7. The molecule has 28 heavy (non-hydrogen) atoms. The number of carboxylic acids is 2. The van der Waals surface area contributed by atoms with Gasteiger partial charge in [-0.15, -0.1) is 0 Å². The minimum Gasteiger partial charge on any atom is -0.497 e. The number of benzene rings is 1. The van der Waals surface area contributed by atoms with Crippen molar-refractivity contribution < 1.29 is 34.4 Å². The standard InChI is InChI=1S/C16H25N3O3.C2H2O4/c1-22-15-4-2-3-14(13-15)17-16(21)5-6-18-7-9-19(10-8-18)11-12-20;3-1(4)2(5)6/h2-4,13,20H,5-12H2,1H3,(H,17,21);(H,3,4)(H,5,6). The molecule has 0 saturated carbocycles. The normalized spacial score (nSPS) is 14.5. The van der Waals surface area contributed by atoms with E-state index in [1.54, 1.807) is 7.11 Å². The molecule has 2 rings (SSSR count). The van der Waals surface area contributed by atoms with Crippen LogP contribution in [0.25, 0.3) is 0 Å². The number of ether oxygens (including phenoxy) is 1. The molecule has 1 fully saturated rings. The molecular weight excluding hydrogens is 370 g/mol. The molecule has 0 bridgehead atoms. The molecule has 1 amide bonds. The van der Waals surface area contributed by atoms with Crippen molar-refractivity contribution in [2.45, 2.75) is 6.42 Å². The topological polar surface area (TPSA) is 140 Å². The van der Waals surface area contributed by atoms with Gasteiger partial charge in [-0.3, -0.25) is 9.69 Å². The van der Waals surface area contributed by atoms with Gasteiger partial charge >= 0.3 is 11.9 Å². The number of hydrogen-bond donors (Lipinski definition) is 4. The van der Waals surface area contributed by atoms with Crippen LogP contribution in [0.5, 0.6) is 5.75 Å². The van der Waals surface area contributed by atoms with Crippen molar-refractivity contribution in [2.24, 2.45) is 0 Å². The first kappa shape index (κ1) is 23.3. The molecule has 10 heteroatoms. The number of nitrogens with zero attached hydrogens (tertiary/aromatic N) is 2. The lowest BCUT2D eigenvalue weighted by molar-refractivity contribution is -0.159. The van der Waals surface area contributed by atoms with Crippen molar-refractivity contribution >= 4 is 23.5 Å². The number of hydrogen-bond acceptors (Lipinski definition) is 7. The lowest BCUT2D eigenvalue weighted by Gasteiger charge is -2.34. The number of carbonyl (C=O) groups excluding carboxylic acids is 1. The Labute approximate surface area is 163 Å². The molecule has 0 aromatic heterocycles. The summed E-state index contributed by atoms with van der Waals surface area (Å²) in [6.45, 7) is 5.53. The monoisotopic (exact) mass is 397 g/mol. The molecule has 1 aliphatic rings. The number of anilines is 1. The number of amides is 1. The van der Waals surface area contributed by atoms with Crippen molar-refractivity contribution in [3.05, 3.63) is 24.3 Å². The van der Waals surface area contributed by atoms with Crippen molar-refractivity contribution in [1.29, 1.82) is 0 Å². The molecule has 1 saturated heterocycles. The second-order valence-corrected chi connectivity index (χ2v) is 6.05. The van der Waals surface area contributed by atoms with Crippen LogP contribution in [0.4, 0.5) is 5.69 Å².